The summed E-state index contributed by atoms with van der Waals surface area (Å²) in [4.78, 5) is 28.0. The van der Waals surface area contributed by atoms with Crippen molar-refractivity contribution in [1.82, 2.24) is 10.2 Å². The van der Waals surface area contributed by atoms with Gasteiger partial charge >= 0.3 is 0 Å². The van der Waals surface area contributed by atoms with Gasteiger partial charge in [-0.1, -0.05) is 18.2 Å². The molecule has 162 valence electrons. The van der Waals surface area contributed by atoms with E-state index < -0.39 is 38.4 Å². The maximum Gasteiger partial charge on any atom is 0.226 e. The number of benzene rings is 1. The van der Waals surface area contributed by atoms with E-state index in [4.69, 9.17) is 4.74 Å². The number of nitriles is 1. The number of nitrogens with zero attached hydrogens (tertiary/aromatic N) is 2. The molecule has 2 aliphatic rings. The summed E-state index contributed by atoms with van der Waals surface area (Å²) >= 11 is 0. The summed E-state index contributed by atoms with van der Waals surface area (Å²) in [5, 5.41) is 11.1. The molecule has 2 amide bonds. The first kappa shape index (κ1) is 22.2. The summed E-state index contributed by atoms with van der Waals surface area (Å²) in [6.45, 7) is 4.81. The Balaban J connectivity index is 1.88. The van der Waals surface area contributed by atoms with Gasteiger partial charge in [0.1, 0.15) is 5.54 Å². The van der Waals surface area contributed by atoms with Crippen LogP contribution in [0.5, 0.6) is 0 Å². The zero-order valence-corrected chi connectivity index (χ0v) is 18.0. The molecule has 1 N–H and O–H groups in total. The summed E-state index contributed by atoms with van der Waals surface area (Å²) in [5.74, 6) is -2.24. The number of ether oxygens (including phenoxy) is 1. The Kier molecular flexibility index (Phi) is 6.48. The van der Waals surface area contributed by atoms with E-state index in [0.717, 1.165) is 0 Å². The molecule has 9 heteroatoms. The van der Waals surface area contributed by atoms with Crippen LogP contribution in [-0.4, -0.2) is 62.2 Å². The van der Waals surface area contributed by atoms with Gasteiger partial charge in [-0.25, -0.2) is 8.42 Å². The first-order valence-corrected chi connectivity index (χ1v) is 11.6. The molecular weight excluding hydrogens is 406 g/mol. The summed E-state index contributed by atoms with van der Waals surface area (Å²) < 4.78 is 31.6. The Morgan fingerprint density at radius 1 is 1.13 bits per heavy atom. The third-order valence-corrected chi connectivity index (χ3v) is 7.91. The van der Waals surface area contributed by atoms with Gasteiger partial charge in [-0.2, -0.15) is 5.26 Å². The van der Waals surface area contributed by atoms with Crippen molar-refractivity contribution < 1.29 is 22.7 Å². The Morgan fingerprint density at radius 2 is 1.73 bits per heavy atom. The van der Waals surface area contributed by atoms with Gasteiger partial charge in [0.25, 0.3) is 0 Å². The Morgan fingerprint density at radius 3 is 2.33 bits per heavy atom. The van der Waals surface area contributed by atoms with E-state index in [1.54, 1.807) is 36.9 Å². The molecule has 1 saturated heterocycles. The molecule has 1 heterocycles. The van der Waals surface area contributed by atoms with E-state index in [1.807, 2.05) is 6.07 Å². The number of carbonyl (C=O) groups is 2. The normalized spacial score (nSPS) is 24.8. The third-order valence-electron chi connectivity index (χ3n) is 5.72. The topological polar surface area (TPSA) is 117 Å². The fraction of sp³-hybridized carbons (Fsp3) is 0.571. The highest BCUT2D eigenvalue weighted by molar-refractivity contribution is 7.92. The van der Waals surface area contributed by atoms with Crippen molar-refractivity contribution in [2.75, 3.05) is 26.3 Å². The van der Waals surface area contributed by atoms with Gasteiger partial charge < -0.3 is 15.0 Å². The van der Waals surface area contributed by atoms with Crippen molar-refractivity contribution >= 4 is 21.7 Å². The number of hydrogen-bond donors (Lipinski definition) is 1. The predicted octanol–water partition coefficient (Wildman–Crippen LogP) is 1.13. The van der Waals surface area contributed by atoms with Crippen LogP contribution in [0.1, 0.15) is 26.7 Å². The number of sulfone groups is 1. The molecule has 2 fully saturated rings. The molecule has 3 rings (SSSR count). The van der Waals surface area contributed by atoms with E-state index in [2.05, 4.69) is 5.32 Å². The van der Waals surface area contributed by atoms with Gasteiger partial charge in [-0.3, -0.25) is 9.59 Å². The summed E-state index contributed by atoms with van der Waals surface area (Å²) in [5.41, 5.74) is -1.11. The molecule has 0 bridgehead atoms. The second kappa shape index (κ2) is 8.74. The van der Waals surface area contributed by atoms with Gasteiger partial charge in [-0.15, -0.1) is 0 Å². The van der Waals surface area contributed by atoms with Crippen LogP contribution >= 0.6 is 0 Å². The van der Waals surface area contributed by atoms with Crippen LogP contribution < -0.4 is 5.32 Å². The lowest BCUT2D eigenvalue weighted by Gasteiger charge is -2.31. The van der Waals surface area contributed by atoms with E-state index in [1.165, 1.54) is 12.1 Å². The van der Waals surface area contributed by atoms with Crippen LogP contribution in [0.25, 0.3) is 0 Å². The number of carbonyl (C=O) groups excluding carboxylic acids is 2. The average molecular weight is 434 g/mol. The number of morpholine rings is 1. The van der Waals surface area contributed by atoms with E-state index >= 15 is 0 Å². The zero-order chi connectivity index (χ0) is 21.9. The molecule has 1 aliphatic heterocycles. The first-order chi connectivity index (χ1) is 14.2. The van der Waals surface area contributed by atoms with Gasteiger partial charge in [0.15, 0.2) is 9.84 Å². The van der Waals surface area contributed by atoms with Crippen molar-refractivity contribution in [3.8, 4) is 6.07 Å². The molecular formula is C21H27N3O5S. The molecule has 3 atom stereocenters. The smallest absolute Gasteiger partial charge is 0.226 e. The van der Waals surface area contributed by atoms with Crippen LogP contribution in [0.4, 0.5) is 0 Å². The largest absolute Gasteiger partial charge is 0.378 e. The van der Waals surface area contributed by atoms with Crippen molar-refractivity contribution in [2.45, 2.75) is 42.4 Å². The summed E-state index contributed by atoms with van der Waals surface area (Å²) in [7, 11) is -3.69. The fourth-order valence-corrected chi connectivity index (χ4v) is 5.90. The third kappa shape index (κ3) is 4.65. The monoisotopic (exact) mass is 433 g/mol. The van der Waals surface area contributed by atoms with Crippen LogP contribution in [0, 0.1) is 23.2 Å². The molecule has 1 unspecified atom stereocenters. The standard InChI is InChI=1S/C21H27N3O5S/c1-21(2,14-22)23-19(25)17-12-16(30(27,28)15-6-4-3-5-7-15)13-18(17)20(26)24-8-10-29-11-9-24/h3-7,16-18H,8-13H2,1-2H3,(H,23,25)/t16?,17-,18-/m1/s1. The SMILES string of the molecule is CC(C)(C#N)NC(=O)[C@@H]1CC(S(=O)(=O)c2ccccc2)C[C@H]1C(=O)N1CCOCC1. The quantitative estimate of drug-likeness (QED) is 0.744. The minimum Gasteiger partial charge on any atom is -0.378 e. The highest BCUT2D eigenvalue weighted by Crippen LogP contribution is 2.40. The van der Waals surface area contributed by atoms with Crippen molar-refractivity contribution in [3.63, 3.8) is 0 Å². The van der Waals surface area contributed by atoms with Gasteiger partial charge in [-0.05, 0) is 38.8 Å². The lowest BCUT2D eigenvalue weighted by Crippen LogP contribution is -2.49. The molecule has 1 aromatic carbocycles. The minimum atomic E-state index is -3.69. The van der Waals surface area contributed by atoms with Crippen LogP contribution in [-0.2, 0) is 24.2 Å². The lowest BCUT2D eigenvalue weighted by atomic mass is 9.92. The Bertz CT molecular complexity index is 933. The number of nitrogens with one attached hydrogen (secondary N) is 1. The van der Waals surface area contributed by atoms with E-state index in [9.17, 15) is 23.3 Å². The van der Waals surface area contributed by atoms with Gasteiger partial charge in [0, 0.05) is 13.1 Å². The summed E-state index contributed by atoms with van der Waals surface area (Å²) in [6, 6.07) is 10.1. The second-order valence-electron chi connectivity index (χ2n) is 8.33. The Hall–Kier alpha value is -2.44. The molecule has 1 saturated carbocycles. The van der Waals surface area contributed by atoms with Crippen LogP contribution in [0.15, 0.2) is 35.2 Å². The highest BCUT2D eigenvalue weighted by Gasteiger charge is 2.49. The maximum atomic E-state index is 13.2. The molecule has 0 radical (unpaired) electrons. The van der Waals surface area contributed by atoms with Gasteiger partial charge in [0.05, 0.1) is 41.3 Å². The van der Waals surface area contributed by atoms with Gasteiger partial charge in [0.2, 0.25) is 11.8 Å². The Labute approximate surface area is 177 Å². The van der Waals surface area contributed by atoms with Crippen LogP contribution in [0.2, 0.25) is 0 Å². The minimum absolute atomic E-state index is 0.0469. The van der Waals surface area contributed by atoms with E-state index in [-0.39, 0.29) is 23.6 Å². The van der Waals surface area contributed by atoms with Crippen molar-refractivity contribution in [3.05, 3.63) is 30.3 Å². The van der Waals surface area contributed by atoms with E-state index in [0.29, 0.717) is 26.3 Å². The van der Waals surface area contributed by atoms with Crippen LogP contribution in [0.3, 0.4) is 0 Å². The lowest BCUT2D eigenvalue weighted by molar-refractivity contribution is -0.144. The van der Waals surface area contributed by atoms with Crippen molar-refractivity contribution in [2.24, 2.45) is 11.8 Å². The second-order valence-corrected chi connectivity index (χ2v) is 10.6. The molecule has 30 heavy (non-hydrogen) atoms. The molecule has 0 aromatic heterocycles. The molecule has 8 nitrogen and oxygen atoms in total. The molecule has 1 aliphatic carbocycles. The van der Waals surface area contributed by atoms with Crippen molar-refractivity contribution in [1.29, 1.82) is 5.26 Å². The predicted molar refractivity (Wildman–Crippen MR) is 109 cm³/mol. The number of amides is 2. The fourth-order valence-electron chi connectivity index (χ4n) is 4.06. The molecule has 0 spiro atoms. The number of hydrogen-bond acceptors (Lipinski definition) is 6. The maximum absolute atomic E-state index is 13.2. The summed E-state index contributed by atoms with van der Waals surface area (Å²) in [6.07, 6.45) is 0.129. The number of rotatable bonds is 5. The zero-order valence-electron chi connectivity index (χ0n) is 17.2. The first-order valence-electron chi connectivity index (χ1n) is 10.0. The average Bonchev–Trinajstić information content (AvgIpc) is 3.21. The highest BCUT2D eigenvalue weighted by atomic mass is 32.2. The molecule has 1 aromatic rings.